The minimum Gasteiger partial charge on any atom is -0.489 e. The maximum absolute atomic E-state index is 13.3. The molecule has 3 nitrogen and oxygen atoms in total. The summed E-state index contributed by atoms with van der Waals surface area (Å²) in [6.45, 7) is 4.82. The molecule has 2 heterocycles. The van der Waals surface area contributed by atoms with E-state index in [0.29, 0.717) is 6.61 Å². The van der Waals surface area contributed by atoms with E-state index in [1.54, 1.807) is 0 Å². The van der Waals surface area contributed by atoms with Crippen LogP contribution in [0.1, 0.15) is 49.5 Å². The fourth-order valence-electron chi connectivity index (χ4n) is 4.95. The molecule has 32 heavy (non-hydrogen) atoms. The van der Waals surface area contributed by atoms with Gasteiger partial charge in [-0.15, -0.1) is 0 Å². The highest BCUT2D eigenvalue weighted by Gasteiger charge is 2.47. The van der Waals surface area contributed by atoms with Gasteiger partial charge in [0.1, 0.15) is 29.5 Å². The quantitative estimate of drug-likeness (QED) is 0.451. The molecule has 3 atom stereocenters. The fourth-order valence-corrected chi connectivity index (χ4v) is 4.95. The van der Waals surface area contributed by atoms with Crippen LogP contribution in [-0.2, 0) is 17.8 Å². The smallest absolute Gasteiger partial charge is 0.126 e. The van der Waals surface area contributed by atoms with E-state index in [-0.39, 0.29) is 29.5 Å². The Morgan fingerprint density at radius 1 is 0.938 bits per heavy atom. The van der Waals surface area contributed by atoms with Gasteiger partial charge >= 0.3 is 0 Å². The van der Waals surface area contributed by atoms with Gasteiger partial charge < -0.3 is 14.2 Å². The number of hydrogen-bond donors (Lipinski definition) is 0. The molecular formula is C28H29FO3. The van der Waals surface area contributed by atoms with Crippen molar-refractivity contribution in [2.24, 2.45) is 5.92 Å². The summed E-state index contributed by atoms with van der Waals surface area (Å²) in [5, 5.41) is 0. The largest absolute Gasteiger partial charge is 0.489 e. The number of benzene rings is 3. The van der Waals surface area contributed by atoms with Gasteiger partial charge in [0, 0.05) is 11.5 Å². The topological polar surface area (TPSA) is 27.7 Å². The average Bonchev–Trinajstić information content (AvgIpc) is 2.80. The zero-order chi connectivity index (χ0) is 22.1. The molecule has 0 aliphatic carbocycles. The van der Waals surface area contributed by atoms with Crippen molar-refractivity contribution in [1.29, 1.82) is 0 Å². The second kappa shape index (κ2) is 8.59. The Morgan fingerprint density at radius 3 is 2.50 bits per heavy atom. The molecule has 3 aromatic rings. The van der Waals surface area contributed by atoms with E-state index < -0.39 is 0 Å². The second-order valence-corrected chi connectivity index (χ2v) is 9.37. The Kier molecular flexibility index (Phi) is 5.64. The summed E-state index contributed by atoms with van der Waals surface area (Å²) in [4.78, 5) is 0. The van der Waals surface area contributed by atoms with Gasteiger partial charge in [-0.25, -0.2) is 4.39 Å². The first-order valence-corrected chi connectivity index (χ1v) is 11.4. The third-order valence-electron chi connectivity index (χ3n) is 6.68. The summed E-state index contributed by atoms with van der Waals surface area (Å²) in [6, 6.07) is 22.9. The van der Waals surface area contributed by atoms with Crippen LogP contribution >= 0.6 is 0 Å². The molecule has 0 N–H and O–H groups in total. The molecule has 0 amide bonds. The highest BCUT2D eigenvalue weighted by Crippen LogP contribution is 2.51. The van der Waals surface area contributed by atoms with Crippen LogP contribution in [0, 0.1) is 11.7 Å². The third-order valence-corrected chi connectivity index (χ3v) is 6.68. The van der Waals surface area contributed by atoms with Crippen molar-refractivity contribution in [3.05, 3.63) is 95.3 Å². The van der Waals surface area contributed by atoms with Crippen LogP contribution in [0.25, 0.3) is 0 Å². The molecular weight excluding hydrogens is 403 g/mol. The van der Waals surface area contributed by atoms with Gasteiger partial charge in [0.25, 0.3) is 0 Å². The zero-order valence-electron chi connectivity index (χ0n) is 18.6. The summed E-state index contributed by atoms with van der Waals surface area (Å²) in [5.41, 5.74) is 2.99. The molecule has 166 valence electrons. The molecule has 0 bridgehead atoms. The maximum atomic E-state index is 13.3. The SMILES string of the molecule is CC1(C)Oc2ccc(OCc3ccccc3)cc2[C@H]2O[C@@H](Cc3ccc(F)cc3)CC[C@@H]21. The molecule has 0 spiro atoms. The summed E-state index contributed by atoms with van der Waals surface area (Å²) in [5.74, 6) is 1.75. The standard InChI is InChI=1S/C28H29FO3/c1-28(2)25-14-12-23(16-19-8-10-21(29)11-9-19)31-27(25)24-17-22(13-15-26(24)32-28)30-18-20-6-4-3-5-7-20/h3-11,13,15,17,23,25,27H,12,14,16,18H2,1-2H3/t23-,25+,27-/m1/s1. The number of ether oxygens (including phenoxy) is 3. The second-order valence-electron chi connectivity index (χ2n) is 9.37. The zero-order valence-corrected chi connectivity index (χ0v) is 18.6. The molecule has 0 radical (unpaired) electrons. The van der Waals surface area contributed by atoms with Crippen LogP contribution in [-0.4, -0.2) is 11.7 Å². The van der Waals surface area contributed by atoms with Gasteiger partial charge in [-0.2, -0.15) is 0 Å². The minimum absolute atomic E-state index is 0.0479. The van der Waals surface area contributed by atoms with Crippen molar-refractivity contribution in [2.75, 3.05) is 0 Å². The Hall–Kier alpha value is -2.85. The predicted octanol–water partition coefficient (Wildman–Crippen LogP) is 6.65. The van der Waals surface area contributed by atoms with Crippen LogP contribution in [0.2, 0.25) is 0 Å². The summed E-state index contributed by atoms with van der Waals surface area (Å²) in [6.07, 6.45) is 2.82. The van der Waals surface area contributed by atoms with Gasteiger partial charge in [0.2, 0.25) is 0 Å². The van der Waals surface area contributed by atoms with E-state index in [2.05, 4.69) is 32.0 Å². The van der Waals surface area contributed by atoms with Crippen molar-refractivity contribution in [1.82, 2.24) is 0 Å². The van der Waals surface area contributed by atoms with Crippen LogP contribution in [0.15, 0.2) is 72.8 Å². The predicted molar refractivity (Wildman–Crippen MR) is 122 cm³/mol. The highest BCUT2D eigenvalue weighted by molar-refractivity contribution is 5.44. The molecule has 2 aliphatic rings. The number of fused-ring (bicyclic) bond motifs is 3. The molecule has 1 fully saturated rings. The van der Waals surface area contributed by atoms with Gasteiger partial charge in [0.05, 0.1) is 12.2 Å². The molecule has 2 aliphatic heterocycles. The average molecular weight is 433 g/mol. The van der Waals surface area contributed by atoms with Gasteiger partial charge in [-0.05, 0) is 74.6 Å². The number of rotatable bonds is 5. The van der Waals surface area contributed by atoms with Crippen molar-refractivity contribution in [2.45, 2.75) is 57.5 Å². The van der Waals surface area contributed by atoms with Crippen molar-refractivity contribution < 1.29 is 18.6 Å². The number of hydrogen-bond acceptors (Lipinski definition) is 3. The lowest BCUT2D eigenvalue weighted by molar-refractivity contribution is -0.149. The van der Waals surface area contributed by atoms with E-state index in [9.17, 15) is 4.39 Å². The fraction of sp³-hybridized carbons (Fsp3) is 0.357. The molecule has 0 saturated carbocycles. The van der Waals surface area contributed by atoms with Crippen molar-refractivity contribution in [3.63, 3.8) is 0 Å². The minimum atomic E-state index is -0.301. The molecule has 0 unspecified atom stereocenters. The van der Waals surface area contributed by atoms with E-state index in [1.165, 1.54) is 12.1 Å². The highest BCUT2D eigenvalue weighted by atomic mass is 19.1. The lowest BCUT2D eigenvalue weighted by atomic mass is 9.75. The molecule has 3 aromatic carbocycles. The molecule has 5 rings (SSSR count). The summed E-state index contributed by atoms with van der Waals surface area (Å²) >= 11 is 0. The first kappa shape index (κ1) is 21.0. The van der Waals surface area contributed by atoms with Gasteiger partial charge in [-0.1, -0.05) is 42.5 Å². The van der Waals surface area contributed by atoms with Gasteiger partial charge in [0.15, 0.2) is 0 Å². The van der Waals surface area contributed by atoms with Crippen LogP contribution in [0.5, 0.6) is 11.5 Å². The van der Waals surface area contributed by atoms with E-state index in [0.717, 1.165) is 47.5 Å². The van der Waals surface area contributed by atoms with Crippen LogP contribution in [0.4, 0.5) is 4.39 Å². The maximum Gasteiger partial charge on any atom is 0.126 e. The molecule has 0 aromatic heterocycles. The Bertz CT molecular complexity index is 1060. The first-order valence-electron chi connectivity index (χ1n) is 11.4. The van der Waals surface area contributed by atoms with E-state index in [1.807, 2.05) is 42.5 Å². The molecule has 4 heteroatoms. The van der Waals surface area contributed by atoms with Gasteiger partial charge in [-0.3, -0.25) is 0 Å². The first-order chi connectivity index (χ1) is 15.5. The van der Waals surface area contributed by atoms with Crippen molar-refractivity contribution >= 4 is 0 Å². The summed E-state index contributed by atoms with van der Waals surface area (Å²) < 4.78 is 32.4. The van der Waals surface area contributed by atoms with Crippen LogP contribution < -0.4 is 9.47 Å². The Morgan fingerprint density at radius 2 is 1.72 bits per heavy atom. The summed E-state index contributed by atoms with van der Waals surface area (Å²) in [7, 11) is 0. The van der Waals surface area contributed by atoms with Crippen molar-refractivity contribution in [3.8, 4) is 11.5 Å². The lowest BCUT2D eigenvalue weighted by Crippen LogP contribution is -2.48. The third kappa shape index (κ3) is 4.37. The Labute approximate surface area is 189 Å². The lowest BCUT2D eigenvalue weighted by Gasteiger charge is -2.48. The van der Waals surface area contributed by atoms with E-state index >= 15 is 0 Å². The Balaban J connectivity index is 1.37. The molecule has 1 saturated heterocycles. The van der Waals surface area contributed by atoms with E-state index in [4.69, 9.17) is 14.2 Å². The normalized spacial score (nSPS) is 23.5. The van der Waals surface area contributed by atoms with Crippen LogP contribution in [0.3, 0.4) is 0 Å². The number of halogens is 1. The monoisotopic (exact) mass is 432 g/mol.